The number of hydrogen-bond acceptors (Lipinski definition) is 5. The zero-order valence-electron chi connectivity index (χ0n) is 14.4. The second-order valence-electron chi connectivity index (χ2n) is 5.58. The number of carbonyl (C=O) groups excluding carboxylic acids is 1. The van der Waals surface area contributed by atoms with Gasteiger partial charge in [0, 0.05) is 54.2 Å². The summed E-state index contributed by atoms with van der Waals surface area (Å²) in [5.41, 5.74) is 2.86. The Labute approximate surface area is 162 Å². The fourth-order valence-electron chi connectivity index (χ4n) is 2.41. The summed E-state index contributed by atoms with van der Waals surface area (Å²) >= 11 is 0. The summed E-state index contributed by atoms with van der Waals surface area (Å²) in [6.07, 6.45) is 3.40. The topological polar surface area (TPSA) is 88.4 Å². The largest absolute Gasteiger partial charge is 0.355 e. The first-order chi connectivity index (χ1) is 12.5. The quantitative estimate of drug-likeness (QED) is 0.519. The van der Waals surface area contributed by atoms with E-state index in [4.69, 9.17) is 0 Å². The molecule has 0 saturated carbocycles. The fourth-order valence-corrected chi connectivity index (χ4v) is 2.41. The van der Waals surface area contributed by atoms with Crippen LogP contribution in [0.2, 0.25) is 0 Å². The van der Waals surface area contributed by atoms with E-state index in [0.29, 0.717) is 11.3 Å². The lowest BCUT2D eigenvalue weighted by Crippen LogP contribution is -2.26. The number of nitro benzene ring substituents is 1. The molecule has 3 rings (SSSR count). The van der Waals surface area contributed by atoms with Crippen LogP contribution in [-0.2, 0) is 0 Å². The number of nitrogens with one attached hydrogen (secondary N) is 1. The Morgan fingerprint density at radius 3 is 2.07 bits per heavy atom. The number of rotatable bonds is 5. The first kappa shape index (κ1) is 19.9. The van der Waals surface area contributed by atoms with Crippen molar-refractivity contribution in [2.24, 2.45) is 0 Å². The third kappa shape index (κ3) is 4.80. The van der Waals surface area contributed by atoms with Gasteiger partial charge in [-0.05, 0) is 48.5 Å². The first-order valence-electron chi connectivity index (χ1n) is 7.84. The summed E-state index contributed by atoms with van der Waals surface area (Å²) < 4.78 is 0. The molecular formula is C19H17ClN4O3. The van der Waals surface area contributed by atoms with Crippen molar-refractivity contribution in [2.75, 3.05) is 17.3 Å². The molecule has 7 nitrogen and oxygen atoms in total. The standard InChI is InChI=1S/C19H16N4O3.ClH/c1-22(19(24)14-2-6-18(7-3-14)23(25)26)17-8-4-15(5-9-17)21-16-10-12-20-13-11-16;/h2-13H,1H3,(H,20,21);1H. The molecule has 0 aliphatic heterocycles. The van der Waals surface area contributed by atoms with Gasteiger partial charge in [-0.25, -0.2) is 0 Å². The molecule has 0 fully saturated rings. The minimum atomic E-state index is -0.494. The molecule has 1 amide bonds. The smallest absolute Gasteiger partial charge is 0.269 e. The molecular weight excluding hydrogens is 368 g/mol. The maximum Gasteiger partial charge on any atom is 0.269 e. The number of aromatic nitrogens is 1. The summed E-state index contributed by atoms with van der Waals surface area (Å²) in [6, 6.07) is 16.7. The molecule has 0 aliphatic rings. The first-order valence-corrected chi connectivity index (χ1v) is 7.84. The molecule has 0 aliphatic carbocycles. The van der Waals surface area contributed by atoms with Crippen LogP contribution in [0.15, 0.2) is 73.1 Å². The summed E-state index contributed by atoms with van der Waals surface area (Å²) in [4.78, 5) is 28.2. The number of non-ortho nitro benzene ring substituents is 1. The van der Waals surface area contributed by atoms with Crippen LogP contribution in [0.1, 0.15) is 10.4 Å². The van der Waals surface area contributed by atoms with Crippen LogP contribution >= 0.6 is 12.4 Å². The van der Waals surface area contributed by atoms with Crippen LogP contribution in [0.5, 0.6) is 0 Å². The van der Waals surface area contributed by atoms with E-state index in [1.165, 1.54) is 29.2 Å². The van der Waals surface area contributed by atoms with E-state index in [0.717, 1.165) is 11.4 Å². The summed E-state index contributed by atoms with van der Waals surface area (Å²) in [5, 5.41) is 13.9. The summed E-state index contributed by atoms with van der Waals surface area (Å²) in [5.74, 6) is -0.241. The van der Waals surface area contributed by atoms with Crippen LogP contribution in [0.4, 0.5) is 22.7 Å². The monoisotopic (exact) mass is 384 g/mol. The molecule has 1 heterocycles. The van der Waals surface area contributed by atoms with Crippen LogP contribution in [0, 0.1) is 10.1 Å². The summed E-state index contributed by atoms with van der Waals surface area (Å²) in [6.45, 7) is 0. The van der Waals surface area contributed by atoms with Crippen molar-refractivity contribution >= 4 is 41.1 Å². The molecule has 1 N–H and O–H groups in total. The van der Waals surface area contributed by atoms with Crippen LogP contribution < -0.4 is 10.2 Å². The van der Waals surface area contributed by atoms with Gasteiger partial charge >= 0.3 is 0 Å². The maximum absolute atomic E-state index is 12.5. The van der Waals surface area contributed by atoms with E-state index in [1.807, 2.05) is 36.4 Å². The number of benzene rings is 2. The number of pyridine rings is 1. The van der Waals surface area contributed by atoms with E-state index >= 15 is 0 Å². The van der Waals surface area contributed by atoms with Gasteiger partial charge in [-0.3, -0.25) is 19.9 Å². The van der Waals surface area contributed by atoms with Gasteiger partial charge in [-0.15, -0.1) is 12.4 Å². The van der Waals surface area contributed by atoms with Crippen molar-refractivity contribution in [2.45, 2.75) is 0 Å². The summed E-state index contributed by atoms with van der Waals surface area (Å²) in [7, 11) is 1.66. The van der Waals surface area contributed by atoms with Gasteiger partial charge in [0.15, 0.2) is 0 Å². The van der Waals surface area contributed by atoms with Gasteiger partial charge in [0.2, 0.25) is 0 Å². The SMILES string of the molecule is CN(C(=O)c1ccc([N+](=O)[O-])cc1)c1ccc(Nc2ccncc2)cc1.Cl. The van der Waals surface area contributed by atoms with Crippen LogP contribution in [-0.4, -0.2) is 22.9 Å². The van der Waals surface area contributed by atoms with E-state index in [2.05, 4.69) is 10.3 Å². The van der Waals surface area contributed by atoms with Crippen LogP contribution in [0.25, 0.3) is 0 Å². The van der Waals surface area contributed by atoms with Crippen molar-refractivity contribution in [3.05, 3.63) is 88.7 Å². The predicted molar refractivity (Wildman–Crippen MR) is 107 cm³/mol. The molecule has 0 spiro atoms. The zero-order chi connectivity index (χ0) is 18.5. The lowest BCUT2D eigenvalue weighted by molar-refractivity contribution is -0.384. The minimum absolute atomic E-state index is 0. The number of carbonyl (C=O) groups is 1. The van der Waals surface area contributed by atoms with Crippen molar-refractivity contribution in [3.8, 4) is 0 Å². The fraction of sp³-hybridized carbons (Fsp3) is 0.0526. The molecule has 8 heteroatoms. The highest BCUT2D eigenvalue weighted by Crippen LogP contribution is 2.22. The number of halogens is 1. The average molecular weight is 385 g/mol. The Kier molecular flexibility index (Phi) is 6.46. The second-order valence-corrected chi connectivity index (χ2v) is 5.58. The van der Waals surface area contributed by atoms with Gasteiger partial charge in [0.25, 0.3) is 11.6 Å². The third-order valence-corrected chi connectivity index (χ3v) is 3.85. The van der Waals surface area contributed by atoms with Gasteiger partial charge in [-0.1, -0.05) is 0 Å². The second kappa shape index (κ2) is 8.77. The van der Waals surface area contributed by atoms with E-state index in [9.17, 15) is 14.9 Å². The van der Waals surface area contributed by atoms with E-state index in [-0.39, 0.29) is 24.0 Å². The van der Waals surface area contributed by atoms with E-state index in [1.54, 1.807) is 19.4 Å². The number of hydrogen-bond donors (Lipinski definition) is 1. The number of anilines is 3. The molecule has 27 heavy (non-hydrogen) atoms. The van der Waals surface area contributed by atoms with Gasteiger partial charge in [-0.2, -0.15) is 0 Å². The average Bonchev–Trinajstić information content (AvgIpc) is 2.68. The van der Waals surface area contributed by atoms with Crippen molar-refractivity contribution in [3.63, 3.8) is 0 Å². The third-order valence-electron chi connectivity index (χ3n) is 3.85. The molecule has 0 unspecified atom stereocenters. The normalized spacial score (nSPS) is 9.81. The number of amides is 1. The lowest BCUT2D eigenvalue weighted by atomic mass is 10.1. The van der Waals surface area contributed by atoms with Crippen molar-refractivity contribution in [1.29, 1.82) is 0 Å². The highest BCUT2D eigenvalue weighted by atomic mass is 35.5. The molecule has 0 saturated heterocycles. The highest BCUT2D eigenvalue weighted by molar-refractivity contribution is 6.05. The molecule has 1 aromatic heterocycles. The van der Waals surface area contributed by atoms with Gasteiger partial charge < -0.3 is 10.2 Å². The Balaban J connectivity index is 0.00000261. The number of nitro groups is 1. The molecule has 138 valence electrons. The molecule has 3 aromatic rings. The molecule has 0 radical (unpaired) electrons. The Bertz CT molecular complexity index is 916. The van der Waals surface area contributed by atoms with Gasteiger partial charge in [0.05, 0.1) is 4.92 Å². The van der Waals surface area contributed by atoms with Gasteiger partial charge in [0.1, 0.15) is 0 Å². The molecule has 2 aromatic carbocycles. The highest BCUT2D eigenvalue weighted by Gasteiger charge is 2.15. The minimum Gasteiger partial charge on any atom is -0.355 e. The number of nitrogens with zero attached hydrogens (tertiary/aromatic N) is 3. The molecule has 0 atom stereocenters. The Morgan fingerprint density at radius 2 is 1.52 bits per heavy atom. The Hall–Kier alpha value is -3.45. The van der Waals surface area contributed by atoms with Crippen molar-refractivity contribution < 1.29 is 9.72 Å². The maximum atomic E-state index is 12.5. The van der Waals surface area contributed by atoms with E-state index < -0.39 is 4.92 Å². The molecule has 0 bridgehead atoms. The lowest BCUT2D eigenvalue weighted by Gasteiger charge is -2.18. The van der Waals surface area contributed by atoms with Crippen molar-refractivity contribution in [1.82, 2.24) is 4.98 Å². The Morgan fingerprint density at radius 1 is 0.963 bits per heavy atom. The zero-order valence-corrected chi connectivity index (χ0v) is 15.2. The predicted octanol–water partition coefficient (Wildman–Crippen LogP) is 4.43. The van der Waals surface area contributed by atoms with Crippen LogP contribution in [0.3, 0.4) is 0 Å².